The largest absolute Gasteiger partial charge is 0.516 e. The first-order valence-corrected chi connectivity index (χ1v) is 4.11. The summed E-state index contributed by atoms with van der Waals surface area (Å²) >= 11 is 0. The molecule has 0 saturated heterocycles. The molecule has 0 aromatic carbocycles. The first-order chi connectivity index (χ1) is 6.57. The molecule has 6 nitrogen and oxygen atoms in total. The zero-order valence-electron chi connectivity index (χ0n) is 7.64. The third kappa shape index (κ3) is 6.01. The summed E-state index contributed by atoms with van der Waals surface area (Å²) in [5.74, 6) is -1.58. The van der Waals surface area contributed by atoms with E-state index in [-0.39, 0.29) is 19.4 Å². The molecule has 0 rings (SSSR count). The predicted molar refractivity (Wildman–Crippen MR) is 49.6 cm³/mol. The second kappa shape index (κ2) is 6.90. The van der Waals surface area contributed by atoms with Crippen molar-refractivity contribution in [2.45, 2.75) is 18.9 Å². The van der Waals surface area contributed by atoms with E-state index in [0.29, 0.717) is 0 Å². The van der Waals surface area contributed by atoms with Crippen LogP contribution in [-0.4, -0.2) is 34.7 Å². The molecule has 14 heavy (non-hydrogen) atoms. The van der Waals surface area contributed by atoms with Crippen molar-refractivity contribution in [2.75, 3.05) is 6.54 Å². The zero-order valence-corrected chi connectivity index (χ0v) is 7.64. The lowest BCUT2D eigenvalue weighted by atomic mass is 10.1. The van der Waals surface area contributed by atoms with Gasteiger partial charge in [0.25, 0.3) is 0 Å². The molecule has 0 aliphatic heterocycles. The minimum atomic E-state index is -1.04. The van der Waals surface area contributed by atoms with Crippen LogP contribution in [0.25, 0.3) is 0 Å². The second-order valence-electron chi connectivity index (χ2n) is 2.69. The summed E-state index contributed by atoms with van der Waals surface area (Å²) in [5, 5.41) is 19.6. The van der Waals surface area contributed by atoms with Crippen LogP contribution < -0.4 is 11.1 Å². The lowest BCUT2D eigenvalue weighted by Crippen LogP contribution is -2.37. The number of hydrogen-bond donors (Lipinski definition) is 4. The molecule has 0 heterocycles. The van der Waals surface area contributed by atoms with E-state index in [9.17, 15) is 9.59 Å². The number of carboxylic acid groups (broad SMARTS) is 1. The number of carbonyl (C=O) groups is 2. The quantitative estimate of drug-likeness (QED) is 0.410. The van der Waals surface area contributed by atoms with Crippen molar-refractivity contribution in [1.82, 2.24) is 5.32 Å². The number of carbonyl (C=O) groups excluding carboxylic acids is 1. The van der Waals surface area contributed by atoms with Crippen LogP contribution in [0.1, 0.15) is 12.8 Å². The fourth-order valence-corrected chi connectivity index (χ4v) is 0.862. The summed E-state index contributed by atoms with van der Waals surface area (Å²) in [6.45, 7) is 0.228. The number of rotatable bonds is 7. The van der Waals surface area contributed by atoms with Gasteiger partial charge in [-0.3, -0.25) is 9.59 Å². The molecule has 0 aliphatic carbocycles. The van der Waals surface area contributed by atoms with E-state index in [1.165, 1.54) is 6.08 Å². The Hall–Kier alpha value is -1.56. The van der Waals surface area contributed by atoms with Crippen LogP contribution >= 0.6 is 0 Å². The van der Waals surface area contributed by atoms with E-state index in [1.807, 2.05) is 0 Å². The Bertz CT molecular complexity index is 227. The van der Waals surface area contributed by atoms with Crippen molar-refractivity contribution in [1.29, 1.82) is 0 Å². The van der Waals surface area contributed by atoms with Gasteiger partial charge < -0.3 is 21.3 Å². The van der Waals surface area contributed by atoms with Crippen LogP contribution in [0.2, 0.25) is 0 Å². The molecule has 80 valence electrons. The maximum absolute atomic E-state index is 10.6. The summed E-state index contributed by atoms with van der Waals surface area (Å²) in [5.41, 5.74) is 4.88. The van der Waals surface area contributed by atoms with E-state index in [2.05, 4.69) is 5.32 Å². The van der Waals surface area contributed by atoms with Crippen LogP contribution in [0.4, 0.5) is 0 Å². The second-order valence-corrected chi connectivity index (χ2v) is 2.69. The van der Waals surface area contributed by atoms with E-state index < -0.39 is 17.9 Å². The summed E-state index contributed by atoms with van der Waals surface area (Å²) in [6.07, 6.45) is 2.34. The molecule has 0 aromatic heterocycles. The molecule has 6 heteroatoms. The SMILES string of the molecule is NC(=O)CC[C@H](NCC=CO)C(=O)O. The van der Waals surface area contributed by atoms with Gasteiger partial charge in [-0.15, -0.1) is 0 Å². The van der Waals surface area contributed by atoms with Crippen molar-refractivity contribution in [3.05, 3.63) is 12.3 Å². The fourth-order valence-electron chi connectivity index (χ4n) is 0.862. The number of carboxylic acids is 1. The monoisotopic (exact) mass is 202 g/mol. The van der Waals surface area contributed by atoms with Gasteiger partial charge in [0.05, 0.1) is 6.26 Å². The molecule has 5 N–H and O–H groups in total. The van der Waals surface area contributed by atoms with Crippen molar-refractivity contribution < 1.29 is 19.8 Å². The smallest absolute Gasteiger partial charge is 0.320 e. The summed E-state index contributed by atoms with van der Waals surface area (Å²) in [6, 6.07) is -0.821. The van der Waals surface area contributed by atoms with Crippen LogP contribution in [0.3, 0.4) is 0 Å². The van der Waals surface area contributed by atoms with E-state index in [0.717, 1.165) is 6.26 Å². The van der Waals surface area contributed by atoms with Crippen molar-refractivity contribution in [3.8, 4) is 0 Å². The van der Waals surface area contributed by atoms with Gasteiger partial charge in [-0.2, -0.15) is 0 Å². The van der Waals surface area contributed by atoms with Crippen molar-refractivity contribution in [2.24, 2.45) is 5.73 Å². The number of nitrogens with two attached hydrogens (primary N) is 1. The van der Waals surface area contributed by atoms with Gasteiger partial charge >= 0.3 is 5.97 Å². The zero-order chi connectivity index (χ0) is 11.0. The van der Waals surface area contributed by atoms with E-state index in [4.69, 9.17) is 15.9 Å². The number of aliphatic hydroxyl groups excluding tert-OH is 1. The standard InChI is InChI=1S/C8H14N2O4/c9-7(12)3-2-6(8(13)14)10-4-1-5-11/h1,5-6,10-11H,2-4H2,(H2,9,12)(H,13,14)/t6-/m0/s1. The average molecular weight is 202 g/mol. The van der Waals surface area contributed by atoms with Gasteiger partial charge in [-0.25, -0.2) is 0 Å². The van der Waals surface area contributed by atoms with Crippen LogP contribution in [0.15, 0.2) is 12.3 Å². The van der Waals surface area contributed by atoms with Gasteiger partial charge in [0.1, 0.15) is 6.04 Å². The van der Waals surface area contributed by atoms with Crippen molar-refractivity contribution in [3.63, 3.8) is 0 Å². The molecule has 0 aromatic rings. The number of hydrogen-bond acceptors (Lipinski definition) is 4. The molecule has 0 aliphatic rings. The Balaban J connectivity index is 3.89. The maximum atomic E-state index is 10.6. The molecule has 0 fully saturated rings. The van der Waals surface area contributed by atoms with Crippen LogP contribution in [0.5, 0.6) is 0 Å². The van der Waals surface area contributed by atoms with Gasteiger partial charge in [0, 0.05) is 13.0 Å². The first-order valence-electron chi connectivity index (χ1n) is 4.11. The minimum Gasteiger partial charge on any atom is -0.516 e. The first kappa shape index (κ1) is 12.4. The van der Waals surface area contributed by atoms with Gasteiger partial charge in [0.2, 0.25) is 5.91 Å². The highest BCUT2D eigenvalue weighted by Gasteiger charge is 2.16. The predicted octanol–water partition coefficient (Wildman–Crippen LogP) is -0.634. The molecular weight excluding hydrogens is 188 g/mol. The number of primary amides is 1. The van der Waals surface area contributed by atoms with Gasteiger partial charge in [-0.1, -0.05) is 0 Å². The summed E-state index contributed by atoms with van der Waals surface area (Å²) < 4.78 is 0. The lowest BCUT2D eigenvalue weighted by molar-refractivity contribution is -0.139. The van der Waals surface area contributed by atoms with Crippen LogP contribution in [-0.2, 0) is 9.59 Å². The van der Waals surface area contributed by atoms with Gasteiger partial charge in [0.15, 0.2) is 0 Å². The number of nitrogens with one attached hydrogen (secondary N) is 1. The summed E-state index contributed by atoms with van der Waals surface area (Å²) in [4.78, 5) is 21.0. The topological polar surface area (TPSA) is 113 Å². The number of aliphatic hydroxyl groups is 1. The highest BCUT2D eigenvalue weighted by Crippen LogP contribution is 1.96. The number of amides is 1. The molecular formula is C8H14N2O4. The van der Waals surface area contributed by atoms with E-state index in [1.54, 1.807) is 0 Å². The normalized spacial score (nSPS) is 12.9. The fraction of sp³-hybridized carbons (Fsp3) is 0.500. The Kier molecular flexibility index (Phi) is 6.13. The summed E-state index contributed by atoms with van der Waals surface area (Å²) in [7, 11) is 0. The third-order valence-corrected chi connectivity index (χ3v) is 1.57. The highest BCUT2D eigenvalue weighted by atomic mass is 16.4. The highest BCUT2D eigenvalue weighted by molar-refractivity contribution is 5.77. The molecule has 1 amide bonds. The minimum absolute atomic E-state index is 0.0206. The van der Waals surface area contributed by atoms with Gasteiger partial charge in [-0.05, 0) is 12.5 Å². The average Bonchev–Trinajstić information content (AvgIpc) is 2.10. The Labute approximate surface area is 81.4 Å². The Morgan fingerprint density at radius 1 is 1.50 bits per heavy atom. The third-order valence-electron chi connectivity index (χ3n) is 1.57. The molecule has 0 unspecified atom stereocenters. The van der Waals surface area contributed by atoms with Crippen LogP contribution in [0, 0.1) is 0 Å². The van der Waals surface area contributed by atoms with Crippen molar-refractivity contribution >= 4 is 11.9 Å². The van der Waals surface area contributed by atoms with E-state index >= 15 is 0 Å². The molecule has 0 bridgehead atoms. The molecule has 0 spiro atoms. The lowest BCUT2D eigenvalue weighted by Gasteiger charge is -2.11. The number of aliphatic carboxylic acids is 1. The Morgan fingerprint density at radius 3 is 2.57 bits per heavy atom. The molecule has 0 radical (unpaired) electrons. The molecule has 0 saturated carbocycles. The maximum Gasteiger partial charge on any atom is 0.320 e. The molecule has 1 atom stereocenters. The Morgan fingerprint density at radius 2 is 2.14 bits per heavy atom.